The van der Waals surface area contributed by atoms with Gasteiger partial charge in [-0.1, -0.05) is 103 Å². The maximum Gasteiger partial charge on any atom is 0.168 e. The molecule has 0 aromatic carbocycles. The fourth-order valence-electron chi connectivity index (χ4n) is 3.43. The number of rotatable bonds is 17. The molecule has 0 aliphatic heterocycles. The maximum atomic E-state index is 2.30. The Bertz CT molecular complexity index is 352. The Kier molecular flexibility index (Phi) is 19.7. The Labute approximate surface area is 168 Å². The lowest BCUT2D eigenvalue weighted by Gasteiger charge is -2.03. The summed E-state index contributed by atoms with van der Waals surface area (Å²) in [6.07, 6.45) is 27.4. The van der Waals surface area contributed by atoms with Gasteiger partial charge in [0.1, 0.15) is 6.54 Å². The standard InChI is InChI=1S/C23H42N.BrH/c1-2-3-4-5-6-7-8-9-10-11-12-13-14-15-16-18-21-24-22-19-17-20-23-24;/h17,19-20,22-23H,2-16,18,21H2,1H3;1H/q+1;. The van der Waals surface area contributed by atoms with Crippen LogP contribution in [0.2, 0.25) is 0 Å². The molecule has 0 saturated heterocycles. The Morgan fingerprint density at radius 1 is 0.480 bits per heavy atom. The average Bonchev–Trinajstić information content (AvgIpc) is 2.62. The molecule has 1 heterocycles. The van der Waals surface area contributed by atoms with E-state index < -0.39 is 0 Å². The van der Waals surface area contributed by atoms with Gasteiger partial charge in [-0.3, -0.25) is 0 Å². The van der Waals surface area contributed by atoms with E-state index in [-0.39, 0.29) is 17.0 Å². The first-order chi connectivity index (χ1) is 11.9. The van der Waals surface area contributed by atoms with Gasteiger partial charge in [-0.15, -0.1) is 17.0 Å². The molecule has 1 aromatic heterocycles. The molecule has 0 saturated carbocycles. The summed E-state index contributed by atoms with van der Waals surface area (Å²) in [4.78, 5) is 0. The van der Waals surface area contributed by atoms with Crippen LogP contribution in [0.1, 0.15) is 110 Å². The summed E-state index contributed by atoms with van der Waals surface area (Å²) in [6.45, 7) is 3.48. The van der Waals surface area contributed by atoms with Crippen LogP contribution >= 0.6 is 17.0 Å². The number of aromatic nitrogens is 1. The summed E-state index contributed by atoms with van der Waals surface area (Å²) in [5.41, 5.74) is 0. The predicted octanol–water partition coefficient (Wildman–Crippen LogP) is 7.81. The third-order valence-electron chi connectivity index (χ3n) is 5.05. The Balaban J connectivity index is 0.00000576. The number of nitrogens with zero attached hydrogens (tertiary/aromatic N) is 1. The van der Waals surface area contributed by atoms with Crippen LogP contribution in [0.15, 0.2) is 30.6 Å². The molecule has 0 spiro atoms. The second-order valence-electron chi connectivity index (χ2n) is 7.42. The third-order valence-corrected chi connectivity index (χ3v) is 5.05. The molecule has 0 aliphatic rings. The van der Waals surface area contributed by atoms with E-state index in [0.29, 0.717) is 0 Å². The molecule has 0 unspecified atom stereocenters. The van der Waals surface area contributed by atoms with E-state index in [1.165, 1.54) is 109 Å². The molecule has 0 aliphatic carbocycles. The molecule has 1 nitrogen and oxygen atoms in total. The van der Waals surface area contributed by atoms with Crippen molar-refractivity contribution >= 4 is 17.0 Å². The highest BCUT2D eigenvalue weighted by Crippen LogP contribution is 2.13. The smallest absolute Gasteiger partial charge is 0.168 e. The average molecular weight is 414 g/mol. The highest BCUT2D eigenvalue weighted by molar-refractivity contribution is 8.93. The van der Waals surface area contributed by atoms with Crippen molar-refractivity contribution in [1.29, 1.82) is 0 Å². The van der Waals surface area contributed by atoms with Crippen LogP contribution in [0, 0.1) is 0 Å². The molecular weight excluding hydrogens is 370 g/mol. The van der Waals surface area contributed by atoms with Crippen molar-refractivity contribution in [3.63, 3.8) is 0 Å². The van der Waals surface area contributed by atoms with E-state index in [1.807, 2.05) is 0 Å². The van der Waals surface area contributed by atoms with Crippen LogP contribution < -0.4 is 4.57 Å². The third kappa shape index (κ3) is 16.8. The van der Waals surface area contributed by atoms with Crippen molar-refractivity contribution < 1.29 is 4.57 Å². The molecule has 1 aromatic rings. The van der Waals surface area contributed by atoms with Crippen molar-refractivity contribution in [1.82, 2.24) is 0 Å². The fourth-order valence-corrected chi connectivity index (χ4v) is 3.43. The first-order valence-electron chi connectivity index (χ1n) is 10.9. The van der Waals surface area contributed by atoms with Gasteiger partial charge in [0.2, 0.25) is 0 Å². The monoisotopic (exact) mass is 412 g/mol. The number of halogens is 1. The molecule has 25 heavy (non-hydrogen) atoms. The normalized spacial score (nSPS) is 10.6. The van der Waals surface area contributed by atoms with Gasteiger partial charge in [0.25, 0.3) is 0 Å². The molecule has 0 fully saturated rings. The number of aryl methyl sites for hydroxylation is 1. The number of hydrogen-bond donors (Lipinski definition) is 0. The van der Waals surface area contributed by atoms with Crippen molar-refractivity contribution in [2.24, 2.45) is 0 Å². The van der Waals surface area contributed by atoms with E-state index in [1.54, 1.807) is 0 Å². The molecule has 146 valence electrons. The summed E-state index contributed by atoms with van der Waals surface area (Å²) in [7, 11) is 0. The first-order valence-corrected chi connectivity index (χ1v) is 10.9. The lowest BCUT2D eigenvalue weighted by atomic mass is 10.0. The van der Waals surface area contributed by atoms with Gasteiger partial charge >= 0.3 is 0 Å². The topological polar surface area (TPSA) is 3.88 Å². The van der Waals surface area contributed by atoms with Gasteiger partial charge < -0.3 is 0 Å². The highest BCUT2D eigenvalue weighted by atomic mass is 79.9. The quantitative estimate of drug-likeness (QED) is 0.181. The van der Waals surface area contributed by atoms with Gasteiger partial charge in [0, 0.05) is 18.6 Å². The van der Waals surface area contributed by atoms with Crippen molar-refractivity contribution in [2.45, 2.75) is 116 Å². The van der Waals surface area contributed by atoms with Gasteiger partial charge in [0.05, 0.1) is 0 Å². The van der Waals surface area contributed by atoms with Crippen LogP contribution in [-0.4, -0.2) is 0 Å². The first kappa shape index (κ1) is 24.6. The molecule has 2 heteroatoms. The summed E-state index contributed by atoms with van der Waals surface area (Å²) in [5, 5.41) is 0. The largest absolute Gasteiger partial charge is 0.205 e. The second kappa shape index (κ2) is 19.9. The predicted molar refractivity (Wildman–Crippen MR) is 117 cm³/mol. The van der Waals surface area contributed by atoms with Crippen molar-refractivity contribution in [3.8, 4) is 0 Å². The number of pyridine rings is 1. The summed E-state index contributed by atoms with van der Waals surface area (Å²) in [6, 6.07) is 6.32. The van der Waals surface area contributed by atoms with Crippen LogP contribution in [0.3, 0.4) is 0 Å². The summed E-state index contributed by atoms with van der Waals surface area (Å²) < 4.78 is 2.30. The molecule has 0 amide bonds. The second-order valence-corrected chi connectivity index (χ2v) is 7.42. The Morgan fingerprint density at radius 3 is 1.24 bits per heavy atom. The van der Waals surface area contributed by atoms with Crippen molar-refractivity contribution in [2.75, 3.05) is 0 Å². The Hall–Kier alpha value is -0.370. The SMILES string of the molecule is Br.CCCCCCCCCCCCCCCCCC[n+]1ccccc1. The lowest BCUT2D eigenvalue weighted by molar-refractivity contribution is -0.697. The van der Waals surface area contributed by atoms with Crippen molar-refractivity contribution in [3.05, 3.63) is 30.6 Å². The van der Waals surface area contributed by atoms with Crippen LogP contribution in [0.25, 0.3) is 0 Å². The molecule has 1 rings (SSSR count). The minimum Gasteiger partial charge on any atom is -0.205 e. The van der Waals surface area contributed by atoms with Gasteiger partial charge in [-0.2, -0.15) is 0 Å². The molecular formula is C23H43BrN+. The lowest BCUT2D eigenvalue weighted by Crippen LogP contribution is -2.32. The summed E-state index contributed by atoms with van der Waals surface area (Å²) >= 11 is 0. The van der Waals surface area contributed by atoms with E-state index in [4.69, 9.17) is 0 Å². The highest BCUT2D eigenvalue weighted by Gasteiger charge is 1.98. The van der Waals surface area contributed by atoms with Crippen LogP contribution in [0.4, 0.5) is 0 Å². The van der Waals surface area contributed by atoms with Gasteiger partial charge in [-0.25, -0.2) is 4.57 Å². The minimum atomic E-state index is 0. The number of hydrogen-bond acceptors (Lipinski definition) is 0. The van der Waals surface area contributed by atoms with E-state index in [2.05, 4.69) is 42.1 Å². The molecule has 0 radical (unpaired) electrons. The molecule has 0 atom stereocenters. The minimum absolute atomic E-state index is 0. The zero-order chi connectivity index (χ0) is 17.1. The summed E-state index contributed by atoms with van der Waals surface area (Å²) in [5.74, 6) is 0. The van der Waals surface area contributed by atoms with Crippen LogP contribution in [-0.2, 0) is 6.54 Å². The Morgan fingerprint density at radius 2 is 0.840 bits per heavy atom. The fraction of sp³-hybridized carbons (Fsp3) is 0.783. The van der Waals surface area contributed by atoms with E-state index >= 15 is 0 Å². The van der Waals surface area contributed by atoms with E-state index in [0.717, 1.165) is 0 Å². The molecule has 0 N–H and O–H groups in total. The zero-order valence-corrected chi connectivity index (χ0v) is 18.5. The van der Waals surface area contributed by atoms with Gasteiger partial charge in [-0.05, 0) is 6.42 Å². The number of unbranched alkanes of at least 4 members (excludes halogenated alkanes) is 15. The van der Waals surface area contributed by atoms with Crippen LogP contribution in [0.5, 0.6) is 0 Å². The zero-order valence-electron chi connectivity index (χ0n) is 16.8. The van der Waals surface area contributed by atoms with E-state index in [9.17, 15) is 0 Å². The molecule has 0 bridgehead atoms. The van der Waals surface area contributed by atoms with Gasteiger partial charge in [0.15, 0.2) is 12.4 Å². The maximum absolute atomic E-state index is 2.30.